The molecule has 82 valence electrons. The van der Waals surface area contributed by atoms with Gasteiger partial charge in [0, 0.05) is 6.42 Å². The standard InChI is InChI=1S/C7H14NO5P/c1-2-7(9)8(10)4-5-3-6(5)14(11,12)13/h5-6,10H,2-4H2,1H3,(H2,11,12,13)/t5-,6+/m0/s1. The van der Waals surface area contributed by atoms with E-state index in [4.69, 9.17) is 15.0 Å². The van der Waals surface area contributed by atoms with Gasteiger partial charge in [0.15, 0.2) is 0 Å². The van der Waals surface area contributed by atoms with Gasteiger partial charge in [-0.15, -0.1) is 0 Å². The van der Waals surface area contributed by atoms with Crippen molar-refractivity contribution in [3.05, 3.63) is 0 Å². The summed E-state index contributed by atoms with van der Waals surface area (Å²) in [6.45, 7) is 1.63. The van der Waals surface area contributed by atoms with Gasteiger partial charge in [0.25, 0.3) is 0 Å². The summed E-state index contributed by atoms with van der Waals surface area (Å²) >= 11 is 0. The molecule has 1 rings (SSSR count). The molecule has 0 radical (unpaired) electrons. The van der Waals surface area contributed by atoms with E-state index in [2.05, 4.69) is 0 Å². The maximum atomic E-state index is 10.9. The predicted molar refractivity (Wildman–Crippen MR) is 47.7 cm³/mol. The molecule has 0 heterocycles. The van der Waals surface area contributed by atoms with Crippen LogP contribution < -0.4 is 0 Å². The highest BCUT2D eigenvalue weighted by Gasteiger charge is 2.50. The first-order chi connectivity index (χ1) is 6.36. The van der Waals surface area contributed by atoms with E-state index in [0.717, 1.165) is 0 Å². The minimum Gasteiger partial charge on any atom is -0.324 e. The predicted octanol–water partition coefficient (Wildman–Crippen LogP) is 0.180. The molecule has 0 unspecified atom stereocenters. The fraction of sp³-hybridized carbons (Fsp3) is 0.857. The molecule has 3 N–H and O–H groups in total. The van der Waals surface area contributed by atoms with Crippen LogP contribution in [0.5, 0.6) is 0 Å². The molecule has 0 aliphatic heterocycles. The molecule has 7 heteroatoms. The van der Waals surface area contributed by atoms with Crippen LogP contribution >= 0.6 is 7.60 Å². The third kappa shape index (κ3) is 2.78. The maximum Gasteiger partial charge on any atom is 0.328 e. The van der Waals surface area contributed by atoms with Crippen molar-refractivity contribution in [3.8, 4) is 0 Å². The minimum atomic E-state index is -4.03. The lowest BCUT2D eigenvalue weighted by Crippen LogP contribution is -2.29. The molecule has 0 spiro atoms. The van der Waals surface area contributed by atoms with Crippen molar-refractivity contribution < 1.29 is 24.4 Å². The zero-order valence-electron chi connectivity index (χ0n) is 7.83. The second-order valence-electron chi connectivity index (χ2n) is 3.48. The SMILES string of the molecule is CCC(=O)N(O)C[C@@H]1C[C@H]1P(=O)(O)O. The summed E-state index contributed by atoms with van der Waals surface area (Å²) < 4.78 is 10.7. The molecule has 1 saturated carbocycles. The first kappa shape index (κ1) is 11.7. The van der Waals surface area contributed by atoms with E-state index in [1.54, 1.807) is 6.92 Å². The van der Waals surface area contributed by atoms with Crippen molar-refractivity contribution in [1.82, 2.24) is 5.06 Å². The Morgan fingerprint density at radius 3 is 2.50 bits per heavy atom. The van der Waals surface area contributed by atoms with E-state index in [1.165, 1.54) is 0 Å². The Hall–Kier alpha value is -0.420. The van der Waals surface area contributed by atoms with Crippen molar-refractivity contribution in [2.45, 2.75) is 25.4 Å². The lowest BCUT2D eigenvalue weighted by molar-refractivity contribution is -0.165. The molecular formula is C7H14NO5P. The van der Waals surface area contributed by atoms with Crippen LogP contribution in [0.25, 0.3) is 0 Å². The summed E-state index contributed by atoms with van der Waals surface area (Å²) in [6, 6.07) is 0. The number of hydrogen-bond donors (Lipinski definition) is 3. The van der Waals surface area contributed by atoms with Gasteiger partial charge in [0.05, 0.1) is 12.2 Å². The Morgan fingerprint density at radius 2 is 2.14 bits per heavy atom. The summed E-state index contributed by atoms with van der Waals surface area (Å²) in [5.41, 5.74) is -0.679. The van der Waals surface area contributed by atoms with Crippen LogP contribution in [0.2, 0.25) is 0 Å². The van der Waals surface area contributed by atoms with Crippen molar-refractivity contribution in [1.29, 1.82) is 0 Å². The number of amides is 1. The van der Waals surface area contributed by atoms with Crippen molar-refractivity contribution in [3.63, 3.8) is 0 Å². The normalized spacial score (nSPS) is 26.0. The Labute approximate surface area is 81.6 Å². The smallest absolute Gasteiger partial charge is 0.324 e. The molecule has 0 aromatic carbocycles. The largest absolute Gasteiger partial charge is 0.328 e. The second kappa shape index (κ2) is 3.98. The molecule has 0 bridgehead atoms. The topological polar surface area (TPSA) is 98.1 Å². The monoisotopic (exact) mass is 223 g/mol. The molecule has 14 heavy (non-hydrogen) atoms. The van der Waals surface area contributed by atoms with E-state index in [1.807, 2.05) is 0 Å². The van der Waals surface area contributed by atoms with E-state index >= 15 is 0 Å². The highest BCUT2D eigenvalue weighted by Crippen LogP contribution is 2.58. The van der Waals surface area contributed by atoms with Gasteiger partial charge in [-0.05, 0) is 12.3 Å². The van der Waals surface area contributed by atoms with Crippen LogP contribution in [0.4, 0.5) is 0 Å². The van der Waals surface area contributed by atoms with E-state index in [-0.39, 0.29) is 18.9 Å². The molecule has 1 amide bonds. The van der Waals surface area contributed by atoms with Crippen LogP contribution in [0, 0.1) is 5.92 Å². The molecular weight excluding hydrogens is 209 g/mol. The lowest BCUT2D eigenvalue weighted by atomic mass is 10.4. The average molecular weight is 223 g/mol. The summed E-state index contributed by atoms with van der Waals surface area (Å²) in [4.78, 5) is 28.4. The molecule has 2 atom stereocenters. The van der Waals surface area contributed by atoms with Crippen LogP contribution in [0.3, 0.4) is 0 Å². The number of rotatable bonds is 4. The first-order valence-electron chi connectivity index (χ1n) is 4.40. The fourth-order valence-electron chi connectivity index (χ4n) is 1.35. The van der Waals surface area contributed by atoms with Gasteiger partial charge in [0.2, 0.25) is 5.91 Å². The van der Waals surface area contributed by atoms with Crippen molar-refractivity contribution >= 4 is 13.5 Å². The highest BCUT2D eigenvalue weighted by atomic mass is 31.2. The van der Waals surface area contributed by atoms with Crippen LogP contribution in [0.15, 0.2) is 0 Å². The Bertz CT molecular complexity index is 275. The number of hydrogen-bond acceptors (Lipinski definition) is 3. The summed E-state index contributed by atoms with van der Waals surface area (Å²) in [7, 11) is -4.03. The summed E-state index contributed by atoms with van der Waals surface area (Å²) in [5, 5.41) is 9.68. The zero-order chi connectivity index (χ0) is 10.9. The van der Waals surface area contributed by atoms with Crippen LogP contribution in [-0.2, 0) is 9.36 Å². The molecule has 1 aliphatic carbocycles. The van der Waals surface area contributed by atoms with E-state index < -0.39 is 19.2 Å². The summed E-state index contributed by atoms with van der Waals surface area (Å²) in [5.74, 6) is -0.697. The van der Waals surface area contributed by atoms with Gasteiger partial charge in [-0.1, -0.05) is 6.92 Å². The Morgan fingerprint density at radius 1 is 1.57 bits per heavy atom. The van der Waals surface area contributed by atoms with E-state index in [0.29, 0.717) is 11.5 Å². The van der Waals surface area contributed by atoms with E-state index in [9.17, 15) is 9.36 Å². The van der Waals surface area contributed by atoms with Gasteiger partial charge in [-0.2, -0.15) is 0 Å². The quantitative estimate of drug-likeness (QED) is 0.359. The maximum absolute atomic E-state index is 10.9. The van der Waals surface area contributed by atoms with Crippen LogP contribution in [-0.4, -0.2) is 38.2 Å². The highest BCUT2D eigenvalue weighted by molar-refractivity contribution is 7.53. The number of nitrogens with zero attached hydrogens (tertiary/aromatic N) is 1. The van der Waals surface area contributed by atoms with Gasteiger partial charge in [-0.25, -0.2) is 5.06 Å². The first-order valence-corrected chi connectivity index (χ1v) is 6.09. The third-order valence-corrected chi connectivity index (χ3v) is 3.81. The minimum absolute atomic E-state index is 0.0163. The van der Waals surface area contributed by atoms with Gasteiger partial charge in [0.1, 0.15) is 0 Å². The number of carbonyl (C=O) groups excluding carboxylic acids is 1. The van der Waals surface area contributed by atoms with Gasteiger partial charge >= 0.3 is 7.60 Å². The molecule has 0 aromatic rings. The van der Waals surface area contributed by atoms with Crippen LogP contribution in [0.1, 0.15) is 19.8 Å². The molecule has 1 aliphatic rings. The molecule has 0 saturated heterocycles. The molecule has 1 fully saturated rings. The lowest BCUT2D eigenvalue weighted by Gasteiger charge is -2.13. The number of carbonyl (C=O) groups is 1. The van der Waals surface area contributed by atoms with Crippen molar-refractivity contribution in [2.24, 2.45) is 5.92 Å². The summed E-state index contributed by atoms with van der Waals surface area (Å²) in [6.07, 6.45) is 0.558. The average Bonchev–Trinajstić information content (AvgIpc) is 2.81. The van der Waals surface area contributed by atoms with Crippen molar-refractivity contribution in [2.75, 3.05) is 6.54 Å². The Kier molecular flexibility index (Phi) is 3.32. The second-order valence-corrected chi connectivity index (χ2v) is 5.32. The molecule has 6 nitrogen and oxygen atoms in total. The Balaban J connectivity index is 2.36. The third-order valence-electron chi connectivity index (χ3n) is 2.32. The zero-order valence-corrected chi connectivity index (χ0v) is 8.72. The number of hydroxylamine groups is 2. The van der Waals surface area contributed by atoms with Gasteiger partial charge < -0.3 is 9.79 Å². The van der Waals surface area contributed by atoms with Gasteiger partial charge in [-0.3, -0.25) is 14.6 Å². The fourth-order valence-corrected chi connectivity index (χ4v) is 2.54. The molecule has 0 aromatic heterocycles.